The SMILES string of the molecule is CC1(C)c2ccccc2-c2cccc(-c3ccc(N(c4ccc(-c5cccc(-c6ccc7ccccc7c6)c5)cc4)c4ccc(-c5ccc6c(c5)c5ccccc5n6-c5ccccc5)cc4)cc3)c21. The first-order valence-electron chi connectivity index (χ1n) is 24.0. The lowest BCUT2D eigenvalue weighted by atomic mass is 9.79. The Kier molecular flexibility index (Phi) is 9.55. The van der Waals surface area contributed by atoms with Crippen LogP contribution in [0.3, 0.4) is 0 Å². The highest BCUT2D eigenvalue weighted by Crippen LogP contribution is 2.52. The van der Waals surface area contributed by atoms with Gasteiger partial charge in [0.1, 0.15) is 0 Å². The van der Waals surface area contributed by atoms with E-state index in [9.17, 15) is 0 Å². The minimum Gasteiger partial charge on any atom is -0.311 e. The van der Waals surface area contributed by atoms with E-state index in [1.54, 1.807) is 0 Å². The van der Waals surface area contributed by atoms with E-state index in [1.165, 1.54) is 105 Å². The molecule has 0 saturated carbocycles. The summed E-state index contributed by atoms with van der Waals surface area (Å²) in [5.74, 6) is 0. The van der Waals surface area contributed by atoms with Gasteiger partial charge in [-0.2, -0.15) is 0 Å². The number of benzene rings is 11. The van der Waals surface area contributed by atoms with Gasteiger partial charge in [0.2, 0.25) is 0 Å². The van der Waals surface area contributed by atoms with Crippen molar-refractivity contribution in [2.24, 2.45) is 0 Å². The van der Waals surface area contributed by atoms with Crippen molar-refractivity contribution in [1.82, 2.24) is 4.57 Å². The van der Waals surface area contributed by atoms with Crippen LogP contribution in [-0.4, -0.2) is 4.57 Å². The lowest BCUT2D eigenvalue weighted by molar-refractivity contribution is 0.662. The van der Waals surface area contributed by atoms with Gasteiger partial charge in [0.15, 0.2) is 0 Å². The summed E-state index contributed by atoms with van der Waals surface area (Å²) in [6.07, 6.45) is 0. The average Bonchev–Trinajstić information content (AvgIpc) is 3.87. The topological polar surface area (TPSA) is 8.17 Å². The van der Waals surface area contributed by atoms with E-state index in [4.69, 9.17) is 0 Å². The Morgan fingerprint density at radius 3 is 1.57 bits per heavy atom. The van der Waals surface area contributed by atoms with Crippen molar-refractivity contribution >= 4 is 49.6 Å². The zero-order valence-corrected chi connectivity index (χ0v) is 38.6. The molecule has 1 heterocycles. The molecule has 13 rings (SSSR count). The maximum Gasteiger partial charge on any atom is 0.0541 e. The summed E-state index contributed by atoms with van der Waals surface area (Å²) >= 11 is 0. The van der Waals surface area contributed by atoms with Gasteiger partial charge in [-0.15, -0.1) is 0 Å². The Morgan fingerprint density at radius 2 is 0.826 bits per heavy atom. The molecule has 0 radical (unpaired) electrons. The van der Waals surface area contributed by atoms with Crippen molar-refractivity contribution in [3.63, 3.8) is 0 Å². The third-order valence-corrected chi connectivity index (χ3v) is 14.6. The molecule has 11 aromatic carbocycles. The Labute approximate surface area is 403 Å². The van der Waals surface area contributed by atoms with E-state index in [1.807, 2.05) is 0 Å². The monoisotopic (exact) mass is 880 g/mol. The summed E-state index contributed by atoms with van der Waals surface area (Å²) in [4.78, 5) is 2.38. The third kappa shape index (κ3) is 6.87. The lowest BCUT2D eigenvalue weighted by Crippen LogP contribution is -2.16. The maximum absolute atomic E-state index is 2.38. The number of nitrogens with zero attached hydrogens (tertiary/aromatic N) is 2. The van der Waals surface area contributed by atoms with Crippen molar-refractivity contribution in [3.8, 4) is 61.3 Å². The van der Waals surface area contributed by atoms with E-state index in [-0.39, 0.29) is 5.41 Å². The standard InChI is InChI=1S/C67H48N2/c1-67(2)63-24-10-8-20-59(63)61-23-13-22-58(66(61)67)48-32-39-57(40-33-48)68(55-35-28-46(29-36-55)50-16-12-17-51(42-50)52-27-26-45-14-6-7-15-49(45)43-52)56-37-30-47(31-38-56)53-34-41-65-62(44-53)60-21-9-11-25-64(60)69(65)54-18-4-3-5-19-54/h3-44H,1-2H3. The first kappa shape index (κ1) is 40.5. The van der Waals surface area contributed by atoms with Gasteiger partial charge < -0.3 is 9.47 Å². The molecule has 0 saturated heterocycles. The van der Waals surface area contributed by atoms with Crippen molar-refractivity contribution in [1.29, 1.82) is 0 Å². The summed E-state index contributed by atoms with van der Waals surface area (Å²) in [5, 5.41) is 5.00. The van der Waals surface area contributed by atoms with Crippen molar-refractivity contribution in [2.45, 2.75) is 19.3 Å². The zero-order chi connectivity index (χ0) is 46.1. The van der Waals surface area contributed by atoms with Crippen LogP contribution in [0.4, 0.5) is 17.1 Å². The van der Waals surface area contributed by atoms with Crippen molar-refractivity contribution < 1.29 is 0 Å². The van der Waals surface area contributed by atoms with Crippen LogP contribution in [0.5, 0.6) is 0 Å². The van der Waals surface area contributed by atoms with Gasteiger partial charge in [0.25, 0.3) is 0 Å². The predicted molar refractivity (Wildman–Crippen MR) is 292 cm³/mol. The molecule has 0 fully saturated rings. The second kappa shape index (κ2) is 16.3. The van der Waals surface area contributed by atoms with Crippen molar-refractivity contribution in [2.75, 3.05) is 4.90 Å². The molecule has 326 valence electrons. The van der Waals surface area contributed by atoms with Crippen LogP contribution in [0.2, 0.25) is 0 Å². The van der Waals surface area contributed by atoms with Gasteiger partial charge in [-0.05, 0) is 156 Å². The predicted octanol–water partition coefficient (Wildman–Crippen LogP) is 18.4. The number of hydrogen-bond donors (Lipinski definition) is 0. The highest BCUT2D eigenvalue weighted by molar-refractivity contribution is 6.10. The molecule has 1 aliphatic rings. The largest absolute Gasteiger partial charge is 0.311 e. The molecule has 2 heteroatoms. The molecule has 0 bridgehead atoms. The second-order valence-electron chi connectivity index (χ2n) is 18.9. The molecule has 0 unspecified atom stereocenters. The molecule has 2 nitrogen and oxygen atoms in total. The van der Waals surface area contributed by atoms with Gasteiger partial charge in [-0.1, -0.05) is 190 Å². The number of aromatic nitrogens is 1. The Morgan fingerprint density at radius 1 is 0.319 bits per heavy atom. The fourth-order valence-electron chi connectivity index (χ4n) is 11.2. The molecule has 12 aromatic rings. The highest BCUT2D eigenvalue weighted by Gasteiger charge is 2.37. The summed E-state index contributed by atoms with van der Waals surface area (Å²) in [5.41, 5.74) is 21.9. The van der Waals surface area contributed by atoms with E-state index in [0.717, 1.165) is 17.1 Å². The number of fused-ring (bicyclic) bond motifs is 7. The van der Waals surface area contributed by atoms with Gasteiger partial charge >= 0.3 is 0 Å². The van der Waals surface area contributed by atoms with Crippen LogP contribution in [0.1, 0.15) is 25.0 Å². The van der Waals surface area contributed by atoms with Crippen LogP contribution in [0, 0.1) is 0 Å². The lowest BCUT2D eigenvalue weighted by Gasteiger charge is -2.27. The summed E-state index contributed by atoms with van der Waals surface area (Å²) < 4.78 is 2.37. The Bertz CT molecular complexity index is 3890. The van der Waals surface area contributed by atoms with E-state index < -0.39 is 0 Å². The Hall–Kier alpha value is -8.72. The molecule has 1 aliphatic carbocycles. The van der Waals surface area contributed by atoms with Gasteiger partial charge in [-0.3, -0.25) is 0 Å². The third-order valence-electron chi connectivity index (χ3n) is 14.6. The highest BCUT2D eigenvalue weighted by atomic mass is 15.1. The fraction of sp³-hybridized carbons (Fsp3) is 0.0448. The summed E-state index contributed by atoms with van der Waals surface area (Å²) in [6, 6.07) is 93.5. The molecule has 0 aliphatic heterocycles. The average molecular weight is 881 g/mol. The quantitative estimate of drug-likeness (QED) is 0.148. The second-order valence-corrected chi connectivity index (χ2v) is 18.9. The van der Waals surface area contributed by atoms with Crippen LogP contribution < -0.4 is 4.90 Å². The molecular weight excluding hydrogens is 833 g/mol. The van der Waals surface area contributed by atoms with Crippen molar-refractivity contribution in [3.05, 3.63) is 266 Å². The molecule has 0 N–H and O–H groups in total. The number of para-hydroxylation sites is 2. The summed E-state index contributed by atoms with van der Waals surface area (Å²) in [7, 11) is 0. The molecule has 0 amide bonds. The first-order chi connectivity index (χ1) is 34.0. The van der Waals surface area contributed by atoms with Gasteiger partial charge in [0, 0.05) is 38.9 Å². The number of rotatable bonds is 8. The van der Waals surface area contributed by atoms with Gasteiger partial charge in [-0.25, -0.2) is 0 Å². The number of anilines is 3. The van der Waals surface area contributed by atoms with E-state index >= 15 is 0 Å². The fourth-order valence-corrected chi connectivity index (χ4v) is 11.2. The van der Waals surface area contributed by atoms with Gasteiger partial charge in [0.05, 0.1) is 11.0 Å². The summed E-state index contributed by atoms with van der Waals surface area (Å²) in [6.45, 7) is 4.73. The molecule has 0 atom stereocenters. The molecule has 1 aromatic heterocycles. The minimum atomic E-state index is -0.102. The van der Waals surface area contributed by atoms with Crippen LogP contribution in [0.25, 0.3) is 93.9 Å². The smallest absolute Gasteiger partial charge is 0.0541 e. The molecule has 69 heavy (non-hydrogen) atoms. The van der Waals surface area contributed by atoms with E-state index in [2.05, 4.69) is 278 Å². The van der Waals surface area contributed by atoms with Crippen LogP contribution in [0.15, 0.2) is 255 Å². The van der Waals surface area contributed by atoms with E-state index in [0.29, 0.717) is 0 Å². The molecule has 0 spiro atoms. The number of hydrogen-bond acceptors (Lipinski definition) is 1. The Balaban J connectivity index is 0.875. The normalized spacial score (nSPS) is 12.6. The minimum absolute atomic E-state index is 0.102. The molecular formula is C67H48N2. The van der Waals surface area contributed by atoms with Crippen LogP contribution in [-0.2, 0) is 5.41 Å². The van der Waals surface area contributed by atoms with Crippen LogP contribution >= 0.6 is 0 Å². The maximum atomic E-state index is 2.38. The zero-order valence-electron chi connectivity index (χ0n) is 38.6. The first-order valence-corrected chi connectivity index (χ1v) is 24.0.